The Hall–Kier alpha value is -1.19. The van der Waals surface area contributed by atoms with Crippen molar-refractivity contribution in [3.05, 3.63) is 33.9 Å². The number of aliphatic carboxylic acids is 1. The van der Waals surface area contributed by atoms with Gasteiger partial charge in [0.25, 0.3) is 0 Å². The molecular weight excluding hydrogens is 285 g/mol. The van der Waals surface area contributed by atoms with Crippen LogP contribution >= 0.6 is 23.2 Å². The number of aromatic nitrogens is 1. The van der Waals surface area contributed by atoms with E-state index in [1.54, 1.807) is 12.1 Å². The summed E-state index contributed by atoms with van der Waals surface area (Å²) in [5, 5.41) is 10.8. The van der Waals surface area contributed by atoms with Crippen LogP contribution in [-0.4, -0.2) is 15.6 Å². The van der Waals surface area contributed by atoms with Crippen LogP contribution < -0.4 is 0 Å². The lowest BCUT2D eigenvalue weighted by Gasteiger charge is -2.04. The normalized spacial score (nSPS) is 11.1. The quantitative estimate of drug-likeness (QED) is 0.890. The maximum Gasteiger partial charge on any atom is 0.307 e. The van der Waals surface area contributed by atoms with Gasteiger partial charge in [-0.3, -0.25) is 4.79 Å². The van der Waals surface area contributed by atoms with Crippen molar-refractivity contribution in [1.82, 2.24) is 4.57 Å². The van der Waals surface area contributed by atoms with Gasteiger partial charge < -0.3 is 9.67 Å². The van der Waals surface area contributed by atoms with Crippen LogP contribution in [0.2, 0.25) is 10.0 Å². The summed E-state index contributed by atoms with van der Waals surface area (Å²) in [4.78, 5) is 10.9. The Morgan fingerprint density at radius 1 is 1.32 bits per heavy atom. The molecule has 0 aliphatic heterocycles. The monoisotopic (exact) mass is 299 g/mol. The number of carbonyl (C=O) groups is 1. The Labute approximate surface area is 121 Å². The highest BCUT2D eigenvalue weighted by molar-refractivity contribution is 6.42. The van der Waals surface area contributed by atoms with Gasteiger partial charge in [-0.2, -0.15) is 0 Å². The van der Waals surface area contributed by atoms with Gasteiger partial charge in [-0.1, -0.05) is 36.5 Å². The van der Waals surface area contributed by atoms with E-state index in [2.05, 4.69) is 11.5 Å². The zero-order chi connectivity index (χ0) is 14.0. The van der Waals surface area contributed by atoms with Gasteiger partial charge >= 0.3 is 5.97 Å². The third-order valence-electron chi connectivity index (χ3n) is 3.10. The van der Waals surface area contributed by atoms with Crippen molar-refractivity contribution < 1.29 is 9.90 Å². The lowest BCUT2D eigenvalue weighted by Crippen LogP contribution is -1.99. The van der Waals surface area contributed by atoms with Gasteiger partial charge in [0.15, 0.2) is 0 Å². The van der Waals surface area contributed by atoms with Gasteiger partial charge in [0, 0.05) is 23.6 Å². The number of carboxylic acids is 1. The van der Waals surface area contributed by atoms with Crippen LogP contribution in [-0.2, 0) is 17.8 Å². The lowest BCUT2D eigenvalue weighted by atomic mass is 10.1. The van der Waals surface area contributed by atoms with Crippen LogP contribution in [0.1, 0.15) is 25.3 Å². The molecule has 0 amide bonds. The zero-order valence-electron chi connectivity index (χ0n) is 10.6. The van der Waals surface area contributed by atoms with E-state index in [0.29, 0.717) is 10.0 Å². The van der Waals surface area contributed by atoms with Crippen molar-refractivity contribution in [3.63, 3.8) is 0 Å². The molecule has 0 saturated heterocycles. The first-order valence-electron chi connectivity index (χ1n) is 6.21. The molecule has 1 aromatic heterocycles. The van der Waals surface area contributed by atoms with E-state index in [9.17, 15) is 4.79 Å². The molecule has 1 heterocycles. The van der Waals surface area contributed by atoms with Crippen molar-refractivity contribution in [2.24, 2.45) is 0 Å². The van der Waals surface area contributed by atoms with Crippen molar-refractivity contribution in [3.8, 4) is 0 Å². The summed E-state index contributed by atoms with van der Waals surface area (Å²) in [5.41, 5.74) is 1.72. The molecule has 0 aliphatic carbocycles. The first-order chi connectivity index (χ1) is 9.02. The molecular formula is C14H15Cl2NO2. The Kier molecular flexibility index (Phi) is 4.38. The molecule has 2 rings (SSSR count). The Morgan fingerprint density at radius 2 is 2.00 bits per heavy atom. The number of unbranched alkanes of at least 4 members (excludes halogenated alkanes) is 1. The summed E-state index contributed by atoms with van der Waals surface area (Å²) in [5.74, 6) is -0.847. The number of rotatable bonds is 5. The highest BCUT2D eigenvalue weighted by atomic mass is 35.5. The number of fused-ring (bicyclic) bond motifs is 1. The third kappa shape index (κ3) is 3.04. The number of benzene rings is 1. The lowest BCUT2D eigenvalue weighted by molar-refractivity contribution is -0.136. The SMILES string of the molecule is CCCCn1cc(CC(=O)O)c2cc(Cl)c(Cl)cc21. The minimum Gasteiger partial charge on any atom is -0.481 e. The average Bonchev–Trinajstić information content (AvgIpc) is 2.65. The number of nitrogens with zero attached hydrogens (tertiary/aromatic N) is 1. The van der Waals surface area contributed by atoms with E-state index in [-0.39, 0.29) is 6.42 Å². The van der Waals surface area contributed by atoms with E-state index in [0.717, 1.165) is 35.9 Å². The number of hydrogen-bond acceptors (Lipinski definition) is 1. The van der Waals surface area contributed by atoms with Crippen LogP contribution in [0.4, 0.5) is 0 Å². The third-order valence-corrected chi connectivity index (χ3v) is 3.82. The van der Waals surface area contributed by atoms with Gasteiger partial charge in [-0.25, -0.2) is 0 Å². The molecule has 0 spiro atoms. The van der Waals surface area contributed by atoms with Crippen LogP contribution in [0.15, 0.2) is 18.3 Å². The molecule has 0 radical (unpaired) electrons. The van der Waals surface area contributed by atoms with Crippen molar-refractivity contribution >= 4 is 40.1 Å². The van der Waals surface area contributed by atoms with E-state index < -0.39 is 5.97 Å². The molecule has 0 unspecified atom stereocenters. The predicted molar refractivity (Wildman–Crippen MR) is 78.2 cm³/mol. The fourth-order valence-electron chi connectivity index (χ4n) is 2.18. The standard InChI is InChI=1S/C14H15Cl2NO2/c1-2-3-4-17-8-9(5-14(18)19)10-6-11(15)12(16)7-13(10)17/h6-8H,2-5H2,1H3,(H,18,19). The fraction of sp³-hybridized carbons (Fsp3) is 0.357. The molecule has 19 heavy (non-hydrogen) atoms. The fourth-order valence-corrected chi connectivity index (χ4v) is 2.50. The minimum atomic E-state index is -0.847. The summed E-state index contributed by atoms with van der Waals surface area (Å²) >= 11 is 12.1. The van der Waals surface area contributed by atoms with Crippen molar-refractivity contribution in [1.29, 1.82) is 0 Å². The second-order valence-electron chi connectivity index (χ2n) is 4.56. The van der Waals surface area contributed by atoms with E-state index in [4.69, 9.17) is 28.3 Å². The molecule has 102 valence electrons. The summed E-state index contributed by atoms with van der Waals surface area (Å²) in [6, 6.07) is 3.56. The topological polar surface area (TPSA) is 42.2 Å². The first kappa shape index (κ1) is 14.2. The summed E-state index contributed by atoms with van der Waals surface area (Å²) in [7, 11) is 0. The van der Waals surface area contributed by atoms with Crippen molar-refractivity contribution in [2.75, 3.05) is 0 Å². The van der Waals surface area contributed by atoms with Gasteiger partial charge in [-0.05, 0) is 24.1 Å². The second-order valence-corrected chi connectivity index (χ2v) is 5.37. The van der Waals surface area contributed by atoms with Gasteiger partial charge in [0.2, 0.25) is 0 Å². The maximum absolute atomic E-state index is 10.9. The first-order valence-corrected chi connectivity index (χ1v) is 6.97. The largest absolute Gasteiger partial charge is 0.481 e. The average molecular weight is 300 g/mol. The maximum atomic E-state index is 10.9. The predicted octanol–water partition coefficient (Wildman–Crippen LogP) is 4.38. The molecule has 1 aromatic carbocycles. The highest BCUT2D eigenvalue weighted by Gasteiger charge is 2.13. The van der Waals surface area contributed by atoms with Gasteiger partial charge in [0.1, 0.15) is 0 Å². The molecule has 1 N–H and O–H groups in total. The Balaban J connectivity index is 2.55. The summed E-state index contributed by atoms with van der Waals surface area (Å²) < 4.78 is 2.05. The number of hydrogen-bond donors (Lipinski definition) is 1. The molecule has 0 bridgehead atoms. The Morgan fingerprint density at radius 3 is 2.63 bits per heavy atom. The molecule has 5 heteroatoms. The summed E-state index contributed by atoms with van der Waals surface area (Å²) in [6.07, 6.45) is 4.00. The zero-order valence-corrected chi connectivity index (χ0v) is 12.1. The van der Waals surface area contributed by atoms with E-state index in [1.165, 1.54) is 0 Å². The number of carboxylic acid groups (broad SMARTS) is 1. The molecule has 0 saturated carbocycles. The minimum absolute atomic E-state index is 0.00636. The molecule has 2 aromatic rings. The Bertz CT molecular complexity index is 619. The smallest absolute Gasteiger partial charge is 0.307 e. The van der Waals surface area contributed by atoms with E-state index >= 15 is 0 Å². The highest BCUT2D eigenvalue weighted by Crippen LogP contribution is 2.31. The number of halogens is 2. The van der Waals surface area contributed by atoms with E-state index in [1.807, 2.05) is 6.20 Å². The molecule has 3 nitrogen and oxygen atoms in total. The molecule has 0 aliphatic rings. The van der Waals surface area contributed by atoms with Crippen LogP contribution in [0.25, 0.3) is 10.9 Å². The van der Waals surface area contributed by atoms with Crippen LogP contribution in [0.3, 0.4) is 0 Å². The van der Waals surface area contributed by atoms with Gasteiger partial charge in [-0.15, -0.1) is 0 Å². The van der Waals surface area contributed by atoms with Crippen LogP contribution in [0, 0.1) is 0 Å². The van der Waals surface area contributed by atoms with Gasteiger partial charge in [0.05, 0.1) is 16.5 Å². The molecule has 0 atom stereocenters. The van der Waals surface area contributed by atoms with Crippen molar-refractivity contribution in [2.45, 2.75) is 32.7 Å². The van der Waals surface area contributed by atoms with Crippen LogP contribution in [0.5, 0.6) is 0 Å². The second kappa shape index (κ2) is 5.85. The summed E-state index contributed by atoms with van der Waals surface area (Å²) in [6.45, 7) is 2.97. The molecule has 0 fully saturated rings. The number of aryl methyl sites for hydroxylation is 1.